The summed E-state index contributed by atoms with van der Waals surface area (Å²) in [6, 6.07) is 13.0. The minimum Gasteiger partial charge on any atom is -0.497 e. The van der Waals surface area contributed by atoms with E-state index in [4.69, 9.17) is 4.74 Å². The van der Waals surface area contributed by atoms with E-state index >= 15 is 0 Å². The lowest BCUT2D eigenvalue weighted by atomic mass is 10.2. The molecule has 2 aromatic carbocycles. The number of aromatic nitrogens is 2. The van der Waals surface area contributed by atoms with Crippen LogP contribution in [0.4, 0.5) is 11.5 Å². The van der Waals surface area contributed by atoms with Gasteiger partial charge in [-0.2, -0.15) is 4.31 Å². The fourth-order valence-electron chi connectivity index (χ4n) is 3.44. The molecule has 1 aliphatic heterocycles. The lowest BCUT2D eigenvalue weighted by Crippen LogP contribution is -2.48. The molecule has 32 heavy (non-hydrogen) atoms. The van der Waals surface area contributed by atoms with Crippen molar-refractivity contribution < 1.29 is 17.9 Å². The first-order valence-electron chi connectivity index (χ1n) is 10.0. The molecule has 1 fully saturated rings. The van der Waals surface area contributed by atoms with Crippen molar-refractivity contribution in [1.82, 2.24) is 14.3 Å². The van der Waals surface area contributed by atoms with Gasteiger partial charge in [0, 0.05) is 49.8 Å². The van der Waals surface area contributed by atoms with Crippen LogP contribution >= 0.6 is 0 Å². The first kappa shape index (κ1) is 21.7. The predicted octanol–water partition coefficient (Wildman–Crippen LogP) is 2.25. The molecule has 1 saturated heterocycles. The second-order valence-electron chi connectivity index (χ2n) is 7.17. The number of carbonyl (C=O) groups is 1. The maximum absolute atomic E-state index is 13.0. The number of benzene rings is 2. The average Bonchev–Trinajstić information content (AvgIpc) is 2.85. The Labute approximate surface area is 186 Å². The molecule has 166 valence electrons. The molecule has 10 heteroatoms. The topological polar surface area (TPSA) is 105 Å². The fraction of sp³-hybridized carbons (Fsp3) is 0.227. The lowest BCUT2D eigenvalue weighted by Gasteiger charge is -2.34. The number of ether oxygens (including phenoxy) is 1. The summed E-state index contributed by atoms with van der Waals surface area (Å²) >= 11 is 0. The molecule has 1 N–H and O–H groups in total. The Morgan fingerprint density at radius 1 is 1.03 bits per heavy atom. The van der Waals surface area contributed by atoms with Crippen LogP contribution in [0, 0.1) is 0 Å². The third-order valence-electron chi connectivity index (χ3n) is 5.19. The van der Waals surface area contributed by atoms with Crippen molar-refractivity contribution in [2.45, 2.75) is 4.90 Å². The van der Waals surface area contributed by atoms with Crippen molar-refractivity contribution in [3.05, 3.63) is 72.7 Å². The lowest BCUT2D eigenvalue weighted by molar-refractivity contribution is 0.102. The summed E-state index contributed by atoms with van der Waals surface area (Å²) in [4.78, 5) is 23.0. The van der Waals surface area contributed by atoms with Gasteiger partial charge in [-0.1, -0.05) is 6.07 Å². The highest BCUT2D eigenvalue weighted by atomic mass is 32.2. The predicted molar refractivity (Wildman–Crippen MR) is 120 cm³/mol. The van der Waals surface area contributed by atoms with E-state index in [9.17, 15) is 13.2 Å². The third-order valence-corrected chi connectivity index (χ3v) is 7.11. The number of anilines is 2. The van der Waals surface area contributed by atoms with Crippen LogP contribution in [0.25, 0.3) is 0 Å². The molecule has 0 atom stereocenters. The Balaban J connectivity index is 1.40. The number of hydrogen-bond acceptors (Lipinski definition) is 7. The van der Waals surface area contributed by atoms with Crippen molar-refractivity contribution in [2.75, 3.05) is 43.5 Å². The summed E-state index contributed by atoms with van der Waals surface area (Å²) in [5.74, 6) is 1.01. The van der Waals surface area contributed by atoms with Crippen molar-refractivity contribution in [2.24, 2.45) is 0 Å². The smallest absolute Gasteiger partial charge is 0.255 e. The van der Waals surface area contributed by atoms with Crippen LogP contribution in [0.1, 0.15) is 10.4 Å². The first-order valence-corrected chi connectivity index (χ1v) is 11.5. The van der Waals surface area contributed by atoms with Crippen LogP contribution < -0.4 is 15.0 Å². The zero-order valence-electron chi connectivity index (χ0n) is 17.5. The van der Waals surface area contributed by atoms with Gasteiger partial charge in [0.05, 0.1) is 18.2 Å². The highest BCUT2D eigenvalue weighted by Gasteiger charge is 2.29. The van der Waals surface area contributed by atoms with Crippen LogP contribution in [-0.2, 0) is 10.0 Å². The molecule has 1 aliphatic rings. The van der Waals surface area contributed by atoms with E-state index in [1.54, 1.807) is 55.0 Å². The molecular formula is C22H23N5O4S. The molecule has 0 bridgehead atoms. The first-order chi connectivity index (χ1) is 15.5. The minimum absolute atomic E-state index is 0.185. The van der Waals surface area contributed by atoms with Crippen LogP contribution in [0.5, 0.6) is 5.75 Å². The van der Waals surface area contributed by atoms with Gasteiger partial charge in [-0.05, 0) is 42.5 Å². The zero-order valence-corrected chi connectivity index (χ0v) is 18.3. The number of amides is 1. The summed E-state index contributed by atoms with van der Waals surface area (Å²) in [5, 5.41) is 2.77. The number of carbonyl (C=O) groups excluding carboxylic acids is 1. The molecule has 4 rings (SSSR count). The Kier molecular flexibility index (Phi) is 6.33. The van der Waals surface area contributed by atoms with Crippen molar-refractivity contribution in [3.63, 3.8) is 0 Å². The van der Waals surface area contributed by atoms with E-state index in [-0.39, 0.29) is 10.8 Å². The quantitative estimate of drug-likeness (QED) is 0.610. The highest BCUT2D eigenvalue weighted by molar-refractivity contribution is 7.89. The molecule has 0 aliphatic carbocycles. The summed E-state index contributed by atoms with van der Waals surface area (Å²) in [6.07, 6.45) is 4.89. The van der Waals surface area contributed by atoms with Crippen molar-refractivity contribution in [1.29, 1.82) is 0 Å². The van der Waals surface area contributed by atoms with Gasteiger partial charge in [-0.15, -0.1) is 0 Å². The summed E-state index contributed by atoms with van der Waals surface area (Å²) in [7, 11) is -2.10. The fourth-order valence-corrected chi connectivity index (χ4v) is 4.86. The Morgan fingerprint density at radius 2 is 1.78 bits per heavy atom. The maximum Gasteiger partial charge on any atom is 0.255 e. The van der Waals surface area contributed by atoms with E-state index in [0.717, 1.165) is 5.82 Å². The molecule has 2 heterocycles. The number of methoxy groups -OCH3 is 1. The Bertz CT molecular complexity index is 1180. The molecular weight excluding hydrogens is 430 g/mol. The average molecular weight is 454 g/mol. The second-order valence-corrected chi connectivity index (χ2v) is 9.10. The van der Waals surface area contributed by atoms with E-state index in [0.29, 0.717) is 43.2 Å². The number of nitrogens with one attached hydrogen (secondary N) is 1. The number of hydrogen-bond donors (Lipinski definition) is 1. The van der Waals surface area contributed by atoms with Crippen molar-refractivity contribution in [3.8, 4) is 5.75 Å². The maximum atomic E-state index is 13.0. The summed E-state index contributed by atoms with van der Waals surface area (Å²) in [5.41, 5.74) is 0.950. The van der Waals surface area contributed by atoms with Crippen molar-refractivity contribution >= 4 is 27.4 Å². The van der Waals surface area contributed by atoms with Crippen LogP contribution in [0.3, 0.4) is 0 Å². The van der Waals surface area contributed by atoms with Crippen LogP contribution in [-0.4, -0.2) is 61.9 Å². The SMILES string of the molecule is COc1cccc(C(=O)Nc2ccc(S(=O)(=O)N3CCN(c4cnccn4)CC3)cc2)c1. The summed E-state index contributed by atoms with van der Waals surface area (Å²) < 4.78 is 32.7. The second kappa shape index (κ2) is 9.33. The van der Waals surface area contributed by atoms with Crippen LogP contribution in [0.2, 0.25) is 0 Å². The van der Waals surface area contributed by atoms with Gasteiger partial charge in [0.15, 0.2) is 0 Å². The molecule has 0 spiro atoms. The monoisotopic (exact) mass is 453 g/mol. The van der Waals surface area contributed by atoms with Gasteiger partial charge in [0.1, 0.15) is 11.6 Å². The van der Waals surface area contributed by atoms with Gasteiger partial charge in [-0.3, -0.25) is 9.78 Å². The van der Waals surface area contributed by atoms with Gasteiger partial charge in [0.2, 0.25) is 10.0 Å². The van der Waals surface area contributed by atoms with Gasteiger partial charge >= 0.3 is 0 Å². The molecule has 9 nitrogen and oxygen atoms in total. The Morgan fingerprint density at radius 3 is 2.44 bits per heavy atom. The normalized spacial score (nSPS) is 14.7. The summed E-state index contributed by atoms with van der Waals surface area (Å²) in [6.45, 7) is 1.78. The molecule has 1 aromatic heterocycles. The standard InChI is InChI=1S/C22H23N5O4S/c1-31-19-4-2-3-17(15-19)22(28)25-18-5-7-20(8-6-18)32(29,30)27-13-11-26(12-14-27)21-16-23-9-10-24-21/h2-10,15-16H,11-14H2,1H3,(H,25,28). The van der Waals surface area contributed by atoms with E-state index in [2.05, 4.69) is 15.3 Å². The molecule has 0 saturated carbocycles. The number of sulfonamides is 1. The zero-order chi connectivity index (χ0) is 22.6. The van der Waals surface area contributed by atoms with E-state index in [1.807, 2.05) is 4.90 Å². The van der Waals surface area contributed by atoms with Gasteiger partial charge in [-0.25, -0.2) is 13.4 Å². The Hall–Kier alpha value is -3.50. The number of rotatable bonds is 6. The van der Waals surface area contributed by atoms with E-state index < -0.39 is 10.0 Å². The number of nitrogens with zero attached hydrogens (tertiary/aromatic N) is 4. The molecule has 0 radical (unpaired) electrons. The van der Waals surface area contributed by atoms with Crippen LogP contribution in [0.15, 0.2) is 72.0 Å². The van der Waals surface area contributed by atoms with Gasteiger partial charge < -0.3 is 15.0 Å². The molecule has 1 amide bonds. The highest BCUT2D eigenvalue weighted by Crippen LogP contribution is 2.22. The minimum atomic E-state index is -3.63. The van der Waals surface area contributed by atoms with Gasteiger partial charge in [0.25, 0.3) is 5.91 Å². The molecule has 0 unspecified atom stereocenters. The third kappa shape index (κ3) is 4.71. The number of piperazine rings is 1. The molecule has 3 aromatic rings. The van der Waals surface area contributed by atoms with E-state index in [1.165, 1.54) is 23.5 Å². The largest absolute Gasteiger partial charge is 0.497 e.